The van der Waals surface area contributed by atoms with E-state index in [1.165, 1.54) is 6.08 Å². The maximum absolute atomic E-state index is 12.1. The van der Waals surface area contributed by atoms with Crippen LogP contribution in [-0.4, -0.2) is 94.0 Å². The molecule has 0 atom stereocenters. The summed E-state index contributed by atoms with van der Waals surface area (Å²) in [4.78, 5) is 34.7. The Morgan fingerprint density at radius 3 is 2.32 bits per heavy atom. The van der Waals surface area contributed by atoms with Gasteiger partial charge in [-0.1, -0.05) is 6.58 Å². The predicted molar refractivity (Wildman–Crippen MR) is 130 cm³/mol. The van der Waals surface area contributed by atoms with E-state index in [-0.39, 0.29) is 11.8 Å². The number of unbranched alkanes of at least 4 members (excludes halogenated alkanes) is 1. The lowest BCUT2D eigenvalue weighted by molar-refractivity contribution is -0.152. The molecular weight excluding hydrogens is 442 g/mol. The molecule has 0 aromatic heterocycles. The predicted octanol–water partition coefficient (Wildman–Crippen LogP) is 1.19. The molecule has 0 radical (unpaired) electrons. The fraction of sp³-hybridized carbons (Fsp3) is 0.708. The minimum atomic E-state index is -0.917. The van der Waals surface area contributed by atoms with E-state index in [0.717, 1.165) is 6.29 Å². The Labute approximate surface area is 203 Å². The van der Waals surface area contributed by atoms with Gasteiger partial charge in [-0.25, -0.2) is 0 Å². The quantitative estimate of drug-likeness (QED) is 0.232. The van der Waals surface area contributed by atoms with Gasteiger partial charge in [0.05, 0.1) is 38.6 Å². The molecule has 0 aromatic rings. The van der Waals surface area contributed by atoms with Crippen LogP contribution in [0.2, 0.25) is 0 Å². The average Bonchev–Trinajstić information content (AvgIpc) is 3.12. The summed E-state index contributed by atoms with van der Waals surface area (Å²) in [5.74, 6) is -0.215. The lowest BCUT2D eigenvalue weighted by Crippen LogP contribution is -2.47. The first-order valence-electron chi connectivity index (χ1n) is 11.5. The first-order valence-corrected chi connectivity index (χ1v) is 11.5. The molecular formula is C24H43N3O7. The highest BCUT2D eigenvalue weighted by molar-refractivity contribution is 5.93. The Kier molecular flexibility index (Phi) is 16.3. The number of hydrogen-bond acceptors (Lipinski definition) is 8. The van der Waals surface area contributed by atoms with Crippen LogP contribution in [0.5, 0.6) is 0 Å². The number of nitrogens with two attached hydrogens (primary N) is 1. The Morgan fingerprint density at radius 2 is 1.79 bits per heavy atom. The minimum Gasteiger partial charge on any atom is -0.378 e. The van der Waals surface area contributed by atoms with Crippen LogP contribution >= 0.6 is 0 Å². The van der Waals surface area contributed by atoms with Gasteiger partial charge in [0.1, 0.15) is 11.9 Å². The smallest absolute Gasteiger partial charge is 0.251 e. The van der Waals surface area contributed by atoms with Crippen molar-refractivity contribution in [2.24, 2.45) is 5.73 Å². The third-order valence-electron chi connectivity index (χ3n) is 4.78. The lowest BCUT2D eigenvalue weighted by Gasteiger charge is -2.30. The molecule has 0 bridgehead atoms. The number of nitrogens with one attached hydrogen (secondary N) is 1. The molecule has 1 aliphatic rings. The molecule has 3 N–H and O–H groups in total. The Morgan fingerprint density at radius 1 is 1.15 bits per heavy atom. The van der Waals surface area contributed by atoms with Gasteiger partial charge >= 0.3 is 0 Å². The Bertz CT molecular complexity index is 645. The standard InChI is InChI=1S/C15H32N2O5.C9H11NO2/c1-14(2,19-5)12-22-15(3,4)13(18)17-7-9-21-11-10-20-8-6-16;1-8-4-5-9(12)10(8)6-2-3-7-11/h6-12,16H2,1-5H3,(H,17,18);4-5,7H,1-3,6H2. The van der Waals surface area contributed by atoms with Crippen molar-refractivity contribution in [1.29, 1.82) is 0 Å². The lowest BCUT2D eigenvalue weighted by atomic mass is 10.1. The number of aldehydes is 1. The molecule has 0 aromatic carbocycles. The highest BCUT2D eigenvalue weighted by Crippen LogP contribution is 2.16. The maximum atomic E-state index is 12.1. The van der Waals surface area contributed by atoms with Gasteiger partial charge in [0.25, 0.3) is 11.8 Å². The van der Waals surface area contributed by atoms with Gasteiger partial charge in [0, 0.05) is 44.9 Å². The van der Waals surface area contributed by atoms with Crippen molar-refractivity contribution in [3.8, 4) is 0 Å². The Balaban J connectivity index is 0.000000757. The third-order valence-corrected chi connectivity index (χ3v) is 4.78. The summed E-state index contributed by atoms with van der Waals surface area (Å²) < 4.78 is 21.4. The van der Waals surface area contributed by atoms with E-state index in [1.807, 2.05) is 13.8 Å². The second kappa shape index (κ2) is 17.3. The van der Waals surface area contributed by atoms with Crippen LogP contribution in [0.3, 0.4) is 0 Å². The van der Waals surface area contributed by atoms with Crippen molar-refractivity contribution in [3.63, 3.8) is 0 Å². The zero-order chi connectivity index (χ0) is 26.0. The van der Waals surface area contributed by atoms with Crippen LogP contribution in [0.4, 0.5) is 0 Å². The summed E-state index contributed by atoms with van der Waals surface area (Å²) in [5, 5.41) is 2.79. The van der Waals surface area contributed by atoms with Gasteiger partial charge in [-0.05, 0) is 40.2 Å². The van der Waals surface area contributed by atoms with E-state index in [9.17, 15) is 14.4 Å². The normalized spacial score (nSPS) is 13.6. The SMILES string of the molecule is C=C1C=CC(=O)N1CCCC=O.COC(C)(C)COC(C)(C)C(=O)NCCOCCOCCN. The number of amides is 2. The number of nitrogens with zero attached hydrogens (tertiary/aromatic N) is 1. The highest BCUT2D eigenvalue weighted by atomic mass is 16.5. The first-order chi connectivity index (χ1) is 16.0. The zero-order valence-corrected chi connectivity index (χ0v) is 21.4. The number of methoxy groups -OCH3 is 1. The van der Waals surface area contributed by atoms with E-state index in [0.29, 0.717) is 71.2 Å². The van der Waals surface area contributed by atoms with Crippen LogP contribution in [-0.2, 0) is 33.3 Å². The number of allylic oxidation sites excluding steroid dienone is 1. The fourth-order valence-electron chi connectivity index (χ4n) is 2.41. The first kappa shape index (κ1) is 31.9. The van der Waals surface area contributed by atoms with Gasteiger partial charge < -0.3 is 39.7 Å². The topological polar surface area (TPSA) is 129 Å². The number of hydrogen-bond donors (Lipinski definition) is 2. The van der Waals surface area contributed by atoms with Crippen molar-refractivity contribution in [3.05, 3.63) is 24.4 Å². The molecule has 0 aliphatic carbocycles. The average molecular weight is 486 g/mol. The number of ether oxygens (including phenoxy) is 4. The highest BCUT2D eigenvalue weighted by Gasteiger charge is 2.31. The van der Waals surface area contributed by atoms with Gasteiger partial charge in [-0.15, -0.1) is 0 Å². The molecule has 0 fully saturated rings. The molecule has 1 heterocycles. The summed E-state index contributed by atoms with van der Waals surface area (Å²) in [6, 6.07) is 0. The summed E-state index contributed by atoms with van der Waals surface area (Å²) in [7, 11) is 1.62. The van der Waals surface area contributed by atoms with Crippen molar-refractivity contribution >= 4 is 18.1 Å². The summed E-state index contributed by atoms with van der Waals surface area (Å²) in [6.45, 7) is 14.8. The van der Waals surface area contributed by atoms with Crippen LogP contribution < -0.4 is 11.1 Å². The molecule has 196 valence electrons. The van der Waals surface area contributed by atoms with Crippen molar-refractivity contribution in [2.75, 3.05) is 59.8 Å². The molecule has 34 heavy (non-hydrogen) atoms. The summed E-state index contributed by atoms with van der Waals surface area (Å²) >= 11 is 0. The molecule has 1 aliphatic heterocycles. The number of carbonyl (C=O) groups excluding carboxylic acids is 3. The molecule has 0 unspecified atom stereocenters. The van der Waals surface area contributed by atoms with Gasteiger partial charge in [0.15, 0.2) is 0 Å². The van der Waals surface area contributed by atoms with Crippen molar-refractivity contribution in [2.45, 2.75) is 51.7 Å². The van der Waals surface area contributed by atoms with E-state index in [2.05, 4.69) is 11.9 Å². The van der Waals surface area contributed by atoms with E-state index < -0.39 is 11.2 Å². The number of carbonyl (C=O) groups is 3. The molecule has 1 rings (SSSR count). The summed E-state index contributed by atoms with van der Waals surface area (Å²) in [6.07, 6.45) is 5.23. The molecule has 0 spiro atoms. The van der Waals surface area contributed by atoms with Crippen LogP contribution in [0.25, 0.3) is 0 Å². The van der Waals surface area contributed by atoms with Crippen LogP contribution in [0.15, 0.2) is 24.4 Å². The van der Waals surface area contributed by atoms with Crippen molar-refractivity contribution < 1.29 is 33.3 Å². The minimum absolute atomic E-state index is 0.0362. The molecule has 10 heteroatoms. The van der Waals surface area contributed by atoms with E-state index >= 15 is 0 Å². The Hall–Kier alpha value is -2.11. The second-order valence-corrected chi connectivity index (χ2v) is 8.66. The summed E-state index contributed by atoms with van der Waals surface area (Å²) in [5.41, 5.74) is 4.66. The number of rotatable bonds is 17. The van der Waals surface area contributed by atoms with E-state index in [1.54, 1.807) is 31.9 Å². The van der Waals surface area contributed by atoms with Crippen LogP contribution in [0, 0.1) is 0 Å². The van der Waals surface area contributed by atoms with Gasteiger partial charge in [-0.2, -0.15) is 0 Å². The molecule has 10 nitrogen and oxygen atoms in total. The van der Waals surface area contributed by atoms with Gasteiger partial charge in [0.2, 0.25) is 0 Å². The van der Waals surface area contributed by atoms with Crippen molar-refractivity contribution in [1.82, 2.24) is 10.2 Å². The fourth-order valence-corrected chi connectivity index (χ4v) is 2.41. The maximum Gasteiger partial charge on any atom is 0.251 e. The molecule has 2 amide bonds. The largest absolute Gasteiger partial charge is 0.378 e. The molecule has 0 saturated carbocycles. The third kappa shape index (κ3) is 14.2. The zero-order valence-electron chi connectivity index (χ0n) is 21.4. The van der Waals surface area contributed by atoms with E-state index in [4.69, 9.17) is 24.7 Å². The molecule has 0 saturated heterocycles. The monoisotopic (exact) mass is 485 g/mol. The van der Waals surface area contributed by atoms with Crippen LogP contribution in [0.1, 0.15) is 40.5 Å². The second-order valence-electron chi connectivity index (χ2n) is 8.66. The van der Waals surface area contributed by atoms with Gasteiger partial charge in [-0.3, -0.25) is 9.59 Å².